The number of phenols is 1. The van der Waals surface area contributed by atoms with Crippen molar-refractivity contribution in [1.82, 2.24) is 4.90 Å². The molecular weight excluding hydrogens is 418 g/mol. The molecule has 1 atom stereocenters. The van der Waals surface area contributed by atoms with Crippen LogP contribution in [0.2, 0.25) is 0 Å². The minimum atomic E-state index is -0.721. The van der Waals surface area contributed by atoms with E-state index in [1.165, 1.54) is 17.0 Å². The minimum Gasteiger partial charge on any atom is -0.508 e. The maximum absolute atomic E-state index is 13.1. The number of carbonyl (C=O) groups is 2. The summed E-state index contributed by atoms with van der Waals surface area (Å²) >= 11 is 0. The molecule has 1 saturated heterocycles. The van der Waals surface area contributed by atoms with Crippen LogP contribution >= 0.6 is 0 Å². The van der Waals surface area contributed by atoms with E-state index in [9.17, 15) is 19.8 Å². The first kappa shape index (κ1) is 24.4. The zero-order valence-electron chi connectivity index (χ0n) is 20.0. The number of ketones is 1. The van der Waals surface area contributed by atoms with Gasteiger partial charge in [-0.2, -0.15) is 0 Å². The summed E-state index contributed by atoms with van der Waals surface area (Å²) in [6.45, 7) is 11.0. The van der Waals surface area contributed by atoms with Gasteiger partial charge in [-0.15, -0.1) is 0 Å². The second kappa shape index (κ2) is 9.69. The number of amides is 1. The molecule has 0 aromatic heterocycles. The second-order valence-electron chi connectivity index (χ2n) is 9.33. The highest BCUT2D eigenvalue weighted by Crippen LogP contribution is 2.41. The van der Waals surface area contributed by atoms with Crippen molar-refractivity contribution in [2.45, 2.75) is 58.9 Å². The molecule has 1 aliphatic heterocycles. The van der Waals surface area contributed by atoms with Crippen LogP contribution in [0.3, 0.4) is 0 Å². The molecule has 0 saturated carbocycles. The Morgan fingerprint density at radius 3 is 2.30 bits per heavy atom. The van der Waals surface area contributed by atoms with Crippen molar-refractivity contribution < 1.29 is 24.5 Å². The van der Waals surface area contributed by atoms with Gasteiger partial charge in [0.1, 0.15) is 17.3 Å². The van der Waals surface area contributed by atoms with Gasteiger partial charge in [-0.3, -0.25) is 9.59 Å². The van der Waals surface area contributed by atoms with Crippen molar-refractivity contribution in [3.8, 4) is 11.5 Å². The van der Waals surface area contributed by atoms with E-state index >= 15 is 0 Å². The Morgan fingerprint density at radius 2 is 1.73 bits per heavy atom. The van der Waals surface area contributed by atoms with Gasteiger partial charge in [0.05, 0.1) is 18.2 Å². The summed E-state index contributed by atoms with van der Waals surface area (Å²) in [6.07, 6.45) is 1.60. The van der Waals surface area contributed by atoms with Crippen molar-refractivity contribution in [3.05, 3.63) is 64.7 Å². The number of hydrogen-bond acceptors (Lipinski definition) is 5. The van der Waals surface area contributed by atoms with Crippen molar-refractivity contribution in [2.75, 3.05) is 13.2 Å². The number of aliphatic hydroxyl groups excluding tert-OH is 1. The van der Waals surface area contributed by atoms with Crippen LogP contribution in [0.4, 0.5) is 0 Å². The largest absolute Gasteiger partial charge is 0.508 e. The molecule has 2 aromatic rings. The monoisotopic (exact) mass is 451 g/mol. The highest BCUT2D eigenvalue weighted by Gasteiger charge is 2.45. The van der Waals surface area contributed by atoms with Gasteiger partial charge in [0.15, 0.2) is 0 Å². The predicted molar refractivity (Wildman–Crippen MR) is 128 cm³/mol. The van der Waals surface area contributed by atoms with E-state index in [0.717, 1.165) is 24.2 Å². The molecule has 0 bridgehead atoms. The highest BCUT2D eigenvalue weighted by molar-refractivity contribution is 6.46. The molecule has 0 spiro atoms. The first-order valence-corrected chi connectivity index (χ1v) is 11.4. The summed E-state index contributed by atoms with van der Waals surface area (Å²) in [5.74, 6) is -0.720. The maximum atomic E-state index is 13.1. The van der Waals surface area contributed by atoms with Gasteiger partial charge in [-0.1, -0.05) is 46.2 Å². The fourth-order valence-electron chi connectivity index (χ4n) is 4.14. The Labute approximate surface area is 195 Å². The Morgan fingerprint density at radius 1 is 1.06 bits per heavy atom. The topological polar surface area (TPSA) is 87.1 Å². The van der Waals surface area contributed by atoms with Crippen molar-refractivity contribution in [3.63, 3.8) is 0 Å². The van der Waals surface area contributed by atoms with Gasteiger partial charge in [0, 0.05) is 17.7 Å². The number of aliphatic hydroxyl groups is 1. The molecule has 1 fully saturated rings. The number of benzene rings is 2. The molecule has 2 N–H and O–H groups in total. The molecule has 3 rings (SSSR count). The lowest BCUT2D eigenvalue weighted by molar-refractivity contribution is -0.139. The number of phenolic OH excluding ortho intramolecular Hbond substituents is 1. The van der Waals surface area contributed by atoms with Crippen LogP contribution < -0.4 is 4.74 Å². The highest BCUT2D eigenvalue weighted by atomic mass is 16.5. The van der Waals surface area contributed by atoms with E-state index in [2.05, 4.69) is 20.8 Å². The molecule has 6 nitrogen and oxygen atoms in total. The first-order valence-electron chi connectivity index (χ1n) is 11.4. The van der Waals surface area contributed by atoms with E-state index in [1.54, 1.807) is 24.3 Å². The van der Waals surface area contributed by atoms with E-state index in [-0.39, 0.29) is 22.5 Å². The van der Waals surface area contributed by atoms with E-state index < -0.39 is 17.7 Å². The minimum absolute atomic E-state index is 0.0609. The van der Waals surface area contributed by atoms with Crippen LogP contribution in [-0.2, 0) is 15.0 Å². The number of carbonyl (C=O) groups excluding carboxylic acids is 2. The number of aromatic hydroxyl groups is 1. The quantitative estimate of drug-likeness (QED) is 0.338. The number of hydrogen-bond donors (Lipinski definition) is 2. The molecule has 6 heteroatoms. The zero-order chi connectivity index (χ0) is 24.3. The standard InChI is InChI=1S/C27H33NO5/c1-6-8-15-28-23(17-9-12-19(29)13-10-17)22(25(31)26(28)32)24(30)18-11-14-21(33-7-2)20(16-18)27(3,4)5/h9-14,16,23,29-30H,6-8,15H2,1-5H3/b24-22-. The van der Waals surface area contributed by atoms with Crippen LogP contribution in [0.5, 0.6) is 11.5 Å². The molecule has 1 heterocycles. The Balaban J connectivity index is 2.19. The lowest BCUT2D eigenvalue weighted by Gasteiger charge is -2.26. The molecular formula is C27H33NO5. The van der Waals surface area contributed by atoms with E-state index in [4.69, 9.17) is 4.74 Å². The SMILES string of the molecule is CCCCN1C(=O)C(=O)/C(=C(\O)c2ccc(OCC)c(C(C)(C)C)c2)C1c1ccc(O)cc1. The van der Waals surface area contributed by atoms with Crippen molar-refractivity contribution in [1.29, 1.82) is 0 Å². The van der Waals surface area contributed by atoms with Gasteiger partial charge in [-0.05, 0) is 54.7 Å². The van der Waals surface area contributed by atoms with Crippen molar-refractivity contribution in [2.24, 2.45) is 0 Å². The van der Waals surface area contributed by atoms with Gasteiger partial charge >= 0.3 is 0 Å². The molecule has 1 aliphatic rings. The van der Waals surface area contributed by atoms with Gasteiger partial charge < -0.3 is 19.8 Å². The summed E-state index contributed by atoms with van der Waals surface area (Å²) in [7, 11) is 0. The number of ether oxygens (including phenoxy) is 1. The Hall–Kier alpha value is -3.28. The summed E-state index contributed by atoms with van der Waals surface area (Å²) in [4.78, 5) is 27.6. The lowest BCUT2D eigenvalue weighted by atomic mass is 9.84. The van der Waals surface area contributed by atoms with Crippen LogP contribution in [0.1, 0.15) is 70.2 Å². The average Bonchev–Trinajstić information content (AvgIpc) is 3.02. The van der Waals surface area contributed by atoms with Gasteiger partial charge in [-0.25, -0.2) is 0 Å². The normalized spacial score (nSPS) is 18.1. The summed E-state index contributed by atoms with van der Waals surface area (Å²) in [6, 6.07) is 11.0. The molecule has 2 aromatic carbocycles. The lowest BCUT2D eigenvalue weighted by Crippen LogP contribution is -2.30. The third-order valence-electron chi connectivity index (χ3n) is 5.86. The first-order chi connectivity index (χ1) is 15.6. The van der Waals surface area contributed by atoms with Crippen LogP contribution in [0.25, 0.3) is 5.76 Å². The smallest absolute Gasteiger partial charge is 0.295 e. The predicted octanol–water partition coefficient (Wildman–Crippen LogP) is 5.31. The fourth-order valence-corrected chi connectivity index (χ4v) is 4.14. The summed E-state index contributed by atoms with van der Waals surface area (Å²) < 4.78 is 5.77. The third-order valence-corrected chi connectivity index (χ3v) is 5.86. The Bertz CT molecular complexity index is 1060. The van der Waals surface area contributed by atoms with Crippen molar-refractivity contribution >= 4 is 17.4 Å². The number of unbranched alkanes of at least 4 members (excludes halogenated alkanes) is 1. The maximum Gasteiger partial charge on any atom is 0.295 e. The van der Waals surface area contributed by atoms with Crippen LogP contribution in [-0.4, -0.2) is 40.0 Å². The van der Waals surface area contributed by atoms with E-state index in [1.807, 2.05) is 19.9 Å². The molecule has 0 aliphatic carbocycles. The van der Waals surface area contributed by atoms with E-state index in [0.29, 0.717) is 24.3 Å². The Kier molecular flexibility index (Phi) is 7.15. The summed E-state index contributed by atoms with van der Waals surface area (Å²) in [5.41, 5.74) is 1.82. The summed E-state index contributed by atoms with van der Waals surface area (Å²) in [5, 5.41) is 21.1. The van der Waals surface area contributed by atoms with Crippen LogP contribution in [0, 0.1) is 0 Å². The second-order valence-corrected chi connectivity index (χ2v) is 9.33. The molecule has 176 valence electrons. The molecule has 33 heavy (non-hydrogen) atoms. The molecule has 1 unspecified atom stereocenters. The van der Waals surface area contributed by atoms with Gasteiger partial charge in [0.2, 0.25) is 0 Å². The third kappa shape index (κ3) is 4.90. The van der Waals surface area contributed by atoms with Gasteiger partial charge in [0.25, 0.3) is 11.7 Å². The number of Topliss-reactive ketones (excluding diaryl/α,β-unsaturated/α-hetero) is 1. The molecule has 1 amide bonds. The molecule has 0 radical (unpaired) electrons. The average molecular weight is 452 g/mol. The van der Waals surface area contributed by atoms with Crippen LogP contribution in [0.15, 0.2) is 48.0 Å². The zero-order valence-corrected chi connectivity index (χ0v) is 20.0. The number of nitrogens with zero attached hydrogens (tertiary/aromatic N) is 1. The number of likely N-dealkylation sites (tertiary alicyclic amines) is 1. The fraction of sp³-hybridized carbons (Fsp3) is 0.407. The number of rotatable bonds is 7.